The van der Waals surface area contributed by atoms with Crippen LogP contribution in [0.3, 0.4) is 0 Å². The summed E-state index contributed by atoms with van der Waals surface area (Å²) in [4.78, 5) is 12.1. The van der Waals surface area contributed by atoms with Crippen molar-refractivity contribution in [1.82, 2.24) is 15.0 Å². The number of ether oxygens (including phenoxy) is 1. The SMILES string of the molecule is CCOc1nc(N)nc(NC(C)CC(C)CC)n1. The summed E-state index contributed by atoms with van der Waals surface area (Å²) in [6, 6.07) is 0.555. The molecule has 0 aromatic carbocycles. The lowest BCUT2D eigenvalue weighted by molar-refractivity contribution is 0.312. The van der Waals surface area contributed by atoms with E-state index in [9.17, 15) is 0 Å². The van der Waals surface area contributed by atoms with E-state index in [-0.39, 0.29) is 18.0 Å². The van der Waals surface area contributed by atoms with Crippen LogP contribution in [-0.2, 0) is 0 Å². The quantitative estimate of drug-likeness (QED) is 0.773. The van der Waals surface area contributed by atoms with Gasteiger partial charge in [-0.1, -0.05) is 20.3 Å². The predicted molar refractivity (Wildman–Crippen MR) is 72.6 cm³/mol. The van der Waals surface area contributed by atoms with Gasteiger partial charge in [-0.3, -0.25) is 0 Å². The summed E-state index contributed by atoms with van der Waals surface area (Å²) in [7, 11) is 0. The molecule has 0 aliphatic rings. The topological polar surface area (TPSA) is 86.0 Å². The third-order valence-electron chi connectivity index (χ3n) is 2.73. The van der Waals surface area contributed by atoms with Crippen LogP contribution in [-0.4, -0.2) is 27.6 Å². The molecule has 6 nitrogen and oxygen atoms in total. The van der Waals surface area contributed by atoms with E-state index in [2.05, 4.69) is 41.0 Å². The van der Waals surface area contributed by atoms with E-state index in [1.54, 1.807) is 0 Å². The number of aromatic nitrogens is 3. The highest BCUT2D eigenvalue weighted by Crippen LogP contribution is 2.14. The summed E-state index contributed by atoms with van der Waals surface area (Å²) < 4.78 is 5.23. The van der Waals surface area contributed by atoms with Gasteiger partial charge in [-0.05, 0) is 26.2 Å². The molecule has 0 bridgehead atoms. The highest BCUT2D eigenvalue weighted by molar-refractivity contribution is 5.33. The van der Waals surface area contributed by atoms with Gasteiger partial charge in [0.05, 0.1) is 6.61 Å². The Kier molecular flexibility index (Phi) is 5.61. The molecule has 18 heavy (non-hydrogen) atoms. The number of anilines is 2. The van der Waals surface area contributed by atoms with E-state index in [4.69, 9.17) is 10.5 Å². The van der Waals surface area contributed by atoms with Gasteiger partial charge in [-0.15, -0.1) is 0 Å². The second-order valence-corrected chi connectivity index (χ2v) is 4.53. The predicted octanol–water partition coefficient (Wildman–Crippen LogP) is 2.09. The normalized spacial score (nSPS) is 14.0. The van der Waals surface area contributed by atoms with Crippen LogP contribution in [0.25, 0.3) is 0 Å². The molecule has 0 spiro atoms. The fourth-order valence-electron chi connectivity index (χ4n) is 1.68. The number of nitrogen functional groups attached to an aromatic ring is 1. The molecule has 0 aliphatic heterocycles. The third-order valence-corrected chi connectivity index (χ3v) is 2.73. The standard InChI is InChI=1S/C12H23N5O/c1-5-8(3)7-9(4)14-11-15-10(13)16-12(17-11)18-6-2/h8-9H,5-7H2,1-4H3,(H3,13,14,15,16,17). The fourth-order valence-corrected chi connectivity index (χ4v) is 1.68. The van der Waals surface area contributed by atoms with Gasteiger partial charge in [-0.25, -0.2) is 0 Å². The summed E-state index contributed by atoms with van der Waals surface area (Å²) in [5.74, 6) is 1.31. The van der Waals surface area contributed by atoms with Gasteiger partial charge < -0.3 is 15.8 Å². The summed E-state index contributed by atoms with van der Waals surface area (Å²) in [6.45, 7) is 8.90. The summed E-state index contributed by atoms with van der Waals surface area (Å²) in [6.07, 6.45) is 2.22. The van der Waals surface area contributed by atoms with E-state index in [1.807, 2.05) is 6.92 Å². The fraction of sp³-hybridized carbons (Fsp3) is 0.750. The molecule has 3 N–H and O–H groups in total. The maximum absolute atomic E-state index is 5.61. The molecule has 1 aromatic heterocycles. The molecule has 0 amide bonds. The molecule has 0 radical (unpaired) electrons. The highest BCUT2D eigenvalue weighted by Gasteiger charge is 2.10. The largest absolute Gasteiger partial charge is 0.464 e. The van der Waals surface area contributed by atoms with E-state index in [1.165, 1.54) is 0 Å². The molecule has 0 aliphatic carbocycles. The molecule has 0 saturated heterocycles. The minimum Gasteiger partial charge on any atom is -0.464 e. The molecule has 102 valence electrons. The van der Waals surface area contributed by atoms with Gasteiger partial charge in [0, 0.05) is 6.04 Å². The Morgan fingerprint density at radius 3 is 2.56 bits per heavy atom. The van der Waals surface area contributed by atoms with Gasteiger partial charge >= 0.3 is 6.01 Å². The van der Waals surface area contributed by atoms with Crippen LogP contribution in [0.4, 0.5) is 11.9 Å². The molecule has 2 unspecified atom stereocenters. The van der Waals surface area contributed by atoms with Crippen molar-refractivity contribution in [2.24, 2.45) is 5.92 Å². The lowest BCUT2D eigenvalue weighted by Gasteiger charge is -2.17. The van der Waals surface area contributed by atoms with Crippen LogP contribution < -0.4 is 15.8 Å². The number of nitrogens with zero attached hydrogens (tertiary/aromatic N) is 3. The Bertz CT molecular complexity index is 371. The number of hydrogen-bond donors (Lipinski definition) is 2. The minimum atomic E-state index is 0.173. The van der Waals surface area contributed by atoms with Gasteiger partial charge in [0.25, 0.3) is 0 Å². The highest BCUT2D eigenvalue weighted by atomic mass is 16.5. The van der Waals surface area contributed by atoms with Gasteiger partial charge in [-0.2, -0.15) is 15.0 Å². The van der Waals surface area contributed by atoms with Crippen molar-refractivity contribution in [3.63, 3.8) is 0 Å². The molecular formula is C12H23N5O. The van der Waals surface area contributed by atoms with Gasteiger partial charge in [0.1, 0.15) is 0 Å². The second kappa shape index (κ2) is 6.98. The van der Waals surface area contributed by atoms with Gasteiger partial charge in [0.15, 0.2) is 0 Å². The van der Waals surface area contributed by atoms with Crippen molar-refractivity contribution < 1.29 is 4.74 Å². The third kappa shape index (κ3) is 4.73. The molecule has 1 rings (SSSR count). The van der Waals surface area contributed by atoms with Gasteiger partial charge in [0.2, 0.25) is 11.9 Å². The molecular weight excluding hydrogens is 230 g/mol. The van der Waals surface area contributed by atoms with Crippen molar-refractivity contribution in [3.8, 4) is 6.01 Å². The lowest BCUT2D eigenvalue weighted by Crippen LogP contribution is -2.20. The summed E-state index contributed by atoms with van der Waals surface area (Å²) in [5, 5.41) is 3.22. The summed E-state index contributed by atoms with van der Waals surface area (Å²) >= 11 is 0. The summed E-state index contributed by atoms with van der Waals surface area (Å²) in [5.41, 5.74) is 5.61. The van der Waals surface area contributed by atoms with Crippen LogP contribution in [0, 0.1) is 5.92 Å². The van der Waals surface area contributed by atoms with E-state index < -0.39 is 0 Å². The first-order valence-electron chi connectivity index (χ1n) is 6.46. The zero-order valence-corrected chi connectivity index (χ0v) is 11.6. The molecule has 0 saturated carbocycles. The van der Waals surface area contributed by atoms with Crippen molar-refractivity contribution in [2.75, 3.05) is 17.7 Å². The zero-order chi connectivity index (χ0) is 13.5. The van der Waals surface area contributed by atoms with Crippen molar-refractivity contribution in [3.05, 3.63) is 0 Å². The van der Waals surface area contributed by atoms with Crippen molar-refractivity contribution >= 4 is 11.9 Å². The van der Waals surface area contributed by atoms with E-state index >= 15 is 0 Å². The Morgan fingerprint density at radius 2 is 1.94 bits per heavy atom. The molecule has 6 heteroatoms. The van der Waals surface area contributed by atoms with Crippen LogP contribution in [0.15, 0.2) is 0 Å². The van der Waals surface area contributed by atoms with Crippen molar-refractivity contribution in [2.45, 2.75) is 46.6 Å². The van der Waals surface area contributed by atoms with Crippen LogP contribution in [0.5, 0.6) is 6.01 Å². The van der Waals surface area contributed by atoms with Crippen molar-refractivity contribution in [1.29, 1.82) is 0 Å². The first-order valence-corrected chi connectivity index (χ1v) is 6.46. The number of nitrogens with one attached hydrogen (secondary N) is 1. The number of hydrogen-bond acceptors (Lipinski definition) is 6. The zero-order valence-electron chi connectivity index (χ0n) is 11.6. The van der Waals surface area contributed by atoms with Crippen LogP contribution in [0.1, 0.15) is 40.5 Å². The maximum atomic E-state index is 5.61. The molecule has 0 fully saturated rings. The van der Waals surface area contributed by atoms with E-state index in [0.29, 0.717) is 18.5 Å². The average molecular weight is 253 g/mol. The second-order valence-electron chi connectivity index (χ2n) is 4.53. The number of rotatable bonds is 7. The first kappa shape index (κ1) is 14.5. The monoisotopic (exact) mass is 253 g/mol. The number of nitrogens with two attached hydrogens (primary N) is 1. The Morgan fingerprint density at radius 1 is 1.22 bits per heavy atom. The van der Waals surface area contributed by atoms with E-state index in [0.717, 1.165) is 12.8 Å². The smallest absolute Gasteiger partial charge is 0.323 e. The maximum Gasteiger partial charge on any atom is 0.323 e. The lowest BCUT2D eigenvalue weighted by atomic mass is 10.0. The first-order chi connectivity index (χ1) is 8.55. The average Bonchev–Trinajstić information content (AvgIpc) is 2.28. The Labute approximate surface area is 108 Å². The molecule has 1 aromatic rings. The molecule has 2 atom stereocenters. The molecule has 1 heterocycles. The Balaban J connectivity index is 2.65. The van der Waals surface area contributed by atoms with Crippen LogP contribution in [0.2, 0.25) is 0 Å². The Hall–Kier alpha value is -1.59. The van der Waals surface area contributed by atoms with Crippen LogP contribution >= 0.6 is 0 Å². The minimum absolute atomic E-state index is 0.173.